The summed E-state index contributed by atoms with van der Waals surface area (Å²) >= 11 is 0. The van der Waals surface area contributed by atoms with E-state index in [1.807, 2.05) is 49.1 Å². The molecule has 41 heavy (non-hydrogen) atoms. The maximum Gasteiger partial charge on any atom is 0.263 e. The summed E-state index contributed by atoms with van der Waals surface area (Å²) in [7, 11) is 0. The lowest BCUT2D eigenvalue weighted by atomic mass is 9.76. The van der Waals surface area contributed by atoms with Crippen molar-refractivity contribution in [2.45, 2.75) is 38.4 Å². The normalized spacial score (nSPS) is 20.5. The van der Waals surface area contributed by atoms with Gasteiger partial charge in [0.05, 0.1) is 16.9 Å². The van der Waals surface area contributed by atoms with Gasteiger partial charge >= 0.3 is 0 Å². The van der Waals surface area contributed by atoms with Gasteiger partial charge in [0.15, 0.2) is 0 Å². The van der Waals surface area contributed by atoms with Gasteiger partial charge in [-0.2, -0.15) is 5.10 Å². The monoisotopic (exact) mass is 541 g/mol. The van der Waals surface area contributed by atoms with E-state index in [0.29, 0.717) is 17.4 Å². The van der Waals surface area contributed by atoms with Gasteiger partial charge in [-0.3, -0.25) is 20.0 Å². The first-order valence-corrected chi connectivity index (χ1v) is 14.5. The van der Waals surface area contributed by atoms with E-state index in [1.54, 1.807) is 0 Å². The van der Waals surface area contributed by atoms with Crippen molar-refractivity contribution in [1.29, 1.82) is 0 Å². The SMILES string of the molecule is CC1=NNC2(C)N(c3cccc(N4CCC(C(c5ccccc5)c5ccccc5)CC4)c3)C(=O)c3ccccc3N12. The standard InChI is InChI=1S/C35H35N5O/c1-25-36-37-35(2)39(25)32-19-10-9-18-31(32)34(41)40(35)30-17-11-16-29(24-30)38-22-20-28(21-23-38)33(26-12-5-3-6-13-26)27-14-7-4-8-15-27/h3-19,24,28,33,37H,20-23H2,1-2H3. The van der Waals surface area contributed by atoms with Crippen LogP contribution in [0.4, 0.5) is 17.1 Å². The number of carbonyl (C=O) groups is 1. The van der Waals surface area contributed by atoms with Crippen LogP contribution in [0.25, 0.3) is 0 Å². The van der Waals surface area contributed by atoms with Crippen LogP contribution in [0.2, 0.25) is 0 Å². The number of nitrogens with zero attached hydrogens (tertiary/aromatic N) is 4. The van der Waals surface area contributed by atoms with Crippen LogP contribution in [0, 0.1) is 5.92 Å². The topological polar surface area (TPSA) is 51.2 Å². The highest BCUT2D eigenvalue weighted by Crippen LogP contribution is 2.43. The molecule has 0 aliphatic carbocycles. The van der Waals surface area contributed by atoms with E-state index in [2.05, 4.69) is 99.2 Å². The van der Waals surface area contributed by atoms with E-state index in [9.17, 15) is 4.79 Å². The third kappa shape index (κ3) is 4.26. The number of hydrogen-bond acceptors (Lipinski definition) is 5. The molecule has 4 aromatic carbocycles. The van der Waals surface area contributed by atoms with E-state index in [1.165, 1.54) is 11.1 Å². The molecule has 0 radical (unpaired) electrons. The molecule has 7 rings (SSSR count). The number of amidine groups is 1. The van der Waals surface area contributed by atoms with Crippen LogP contribution < -0.4 is 20.1 Å². The quantitative estimate of drug-likeness (QED) is 0.302. The smallest absolute Gasteiger partial charge is 0.263 e. The number of carbonyl (C=O) groups excluding carboxylic acids is 1. The minimum Gasteiger partial charge on any atom is -0.371 e. The van der Waals surface area contributed by atoms with Gasteiger partial charge < -0.3 is 4.90 Å². The Labute approximate surface area is 241 Å². The molecule has 0 saturated carbocycles. The number of amides is 1. The van der Waals surface area contributed by atoms with Crippen molar-refractivity contribution in [3.05, 3.63) is 126 Å². The Morgan fingerprint density at radius 2 is 1.39 bits per heavy atom. The van der Waals surface area contributed by atoms with Crippen LogP contribution >= 0.6 is 0 Å². The predicted octanol–water partition coefficient (Wildman–Crippen LogP) is 6.81. The Morgan fingerprint density at radius 1 is 0.780 bits per heavy atom. The third-order valence-electron chi connectivity index (χ3n) is 8.98. The predicted molar refractivity (Wildman–Crippen MR) is 166 cm³/mol. The number of nitrogens with one attached hydrogen (secondary N) is 1. The summed E-state index contributed by atoms with van der Waals surface area (Å²) in [5, 5.41) is 4.54. The van der Waals surface area contributed by atoms with Gasteiger partial charge in [0.2, 0.25) is 5.79 Å². The molecule has 1 amide bonds. The number of para-hydroxylation sites is 1. The number of piperidine rings is 1. The molecule has 4 aromatic rings. The second-order valence-electron chi connectivity index (χ2n) is 11.4. The van der Waals surface area contributed by atoms with Crippen LogP contribution in [-0.2, 0) is 0 Å². The average molecular weight is 542 g/mol. The van der Waals surface area contributed by atoms with Gasteiger partial charge in [-0.1, -0.05) is 78.9 Å². The lowest BCUT2D eigenvalue weighted by Crippen LogP contribution is -2.68. The first kappa shape index (κ1) is 25.4. The summed E-state index contributed by atoms with van der Waals surface area (Å²) in [6.45, 7) is 5.95. The molecule has 1 N–H and O–H groups in total. The Kier molecular flexibility index (Phi) is 6.26. The Hall–Kier alpha value is -4.58. The Morgan fingerprint density at radius 3 is 2.07 bits per heavy atom. The maximum atomic E-state index is 13.9. The van der Waals surface area contributed by atoms with Gasteiger partial charge in [-0.25, -0.2) is 0 Å². The summed E-state index contributed by atoms with van der Waals surface area (Å²) in [5.41, 5.74) is 9.61. The fraction of sp³-hybridized carbons (Fsp3) is 0.257. The van der Waals surface area contributed by atoms with Crippen LogP contribution in [0.5, 0.6) is 0 Å². The molecular weight excluding hydrogens is 506 g/mol. The van der Waals surface area contributed by atoms with Gasteiger partial charge in [-0.15, -0.1) is 0 Å². The van der Waals surface area contributed by atoms with Crippen LogP contribution in [-0.4, -0.2) is 30.6 Å². The maximum absolute atomic E-state index is 13.9. The van der Waals surface area contributed by atoms with E-state index < -0.39 is 5.79 Å². The number of hydrazone groups is 1. The van der Waals surface area contributed by atoms with Gasteiger partial charge in [0, 0.05) is 24.7 Å². The highest BCUT2D eigenvalue weighted by atomic mass is 16.2. The van der Waals surface area contributed by atoms with E-state index in [0.717, 1.165) is 48.8 Å². The Balaban J connectivity index is 1.15. The lowest BCUT2D eigenvalue weighted by Gasteiger charge is -2.48. The van der Waals surface area contributed by atoms with Crippen LogP contribution in [0.15, 0.2) is 114 Å². The van der Waals surface area contributed by atoms with Crippen molar-refractivity contribution in [3.63, 3.8) is 0 Å². The first-order valence-electron chi connectivity index (χ1n) is 14.5. The van der Waals surface area contributed by atoms with Gasteiger partial charge in [0.25, 0.3) is 5.91 Å². The van der Waals surface area contributed by atoms with Crippen molar-refractivity contribution in [2.75, 3.05) is 27.8 Å². The molecule has 3 aliphatic heterocycles. The van der Waals surface area contributed by atoms with E-state index >= 15 is 0 Å². The number of anilines is 3. The zero-order valence-corrected chi connectivity index (χ0v) is 23.6. The van der Waals surface area contributed by atoms with Crippen molar-refractivity contribution in [1.82, 2.24) is 5.43 Å². The van der Waals surface area contributed by atoms with Crippen molar-refractivity contribution in [2.24, 2.45) is 11.0 Å². The van der Waals surface area contributed by atoms with Crippen molar-refractivity contribution < 1.29 is 4.79 Å². The zero-order valence-electron chi connectivity index (χ0n) is 23.6. The minimum atomic E-state index is -0.820. The fourth-order valence-electron chi connectivity index (χ4n) is 7.07. The second kappa shape index (κ2) is 10.1. The summed E-state index contributed by atoms with van der Waals surface area (Å²) in [5.74, 6) is 0.942. The molecule has 0 spiro atoms. The first-order chi connectivity index (χ1) is 20.0. The molecule has 0 bridgehead atoms. The number of fused-ring (bicyclic) bond motifs is 3. The molecule has 1 atom stereocenters. The number of rotatable bonds is 5. The summed E-state index contributed by atoms with van der Waals surface area (Å²) in [6.07, 6.45) is 2.21. The average Bonchev–Trinajstić information content (AvgIpc) is 3.33. The number of benzene rings is 4. The van der Waals surface area contributed by atoms with E-state index in [4.69, 9.17) is 0 Å². The number of hydrogen-bond donors (Lipinski definition) is 1. The van der Waals surface area contributed by atoms with Gasteiger partial charge in [-0.05, 0) is 74.1 Å². The molecule has 3 aliphatic rings. The molecule has 6 heteroatoms. The highest BCUT2D eigenvalue weighted by Gasteiger charge is 2.51. The fourth-order valence-corrected chi connectivity index (χ4v) is 7.07. The zero-order chi connectivity index (χ0) is 28.0. The molecule has 1 saturated heterocycles. The highest BCUT2D eigenvalue weighted by molar-refractivity contribution is 6.18. The second-order valence-corrected chi connectivity index (χ2v) is 11.4. The van der Waals surface area contributed by atoms with Crippen molar-refractivity contribution in [3.8, 4) is 0 Å². The lowest BCUT2D eigenvalue weighted by molar-refractivity contribution is 0.0943. The van der Waals surface area contributed by atoms with Crippen LogP contribution in [0.1, 0.15) is 54.1 Å². The molecule has 1 fully saturated rings. The summed E-state index contributed by atoms with van der Waals surface area (Å²) < 4.78 is 0. The molecule has 3 heterocycles. The molecular formula is C35H35N5O. The third-order valence-corrected chi connectivity index (χ3v) is 8.98. The molecule has 206 valence electrons. The van der Waals surface area contributed by atoms with Crippen molar-refractivity contribution >= 4 is 28.8 Å². The van der Waals surface area contributed by atoms with Gasteiger partial charge in [0.1, 0.15) is 5.84 Å². The summed E-state index contributed by atoms with van der Waals surface area (Å²) in [4.78, 5) is 20.4. The molecule has 1 unspecified atom stereocenters. The molecule has 0 aromatic heterocycles. The van der Waals surface area contributed by atoms with E-state index in [-0.39, 0.29) is 5.91 Å². The summed E-state index contributed by atoms with van der Waals surface area (Å²) in [6, 6.07) is 38.1. The molecule has 6 nitrogen and oxygen atoms in total. The Bertz CT molecular complexity index is 1560. The largest absolute Gasteiger partial charge is 0.371 e. The van der Waals surface area contributed by atoms with Crippen LogP contribution in [0.3, 0.4) is 0 Å². The minimum absolute atomic E-state index is 0.0267.